The second-order valence-electron chi connectivity index (χ2n) is 6.77. The van der Waals surface area contributed by atoms with Crippen LogP contribution in [0.15, 0.2) is 42.6 Å². The van der Waals surface area contributed by atoms with E-state index in [-0.39, 0.29) is 5.82 Å². The summed E-state index contributed by atoms with van der Waals surface area (Å²) in [5, 5.41) is 1.01. The molecule has 25 heavy (non-hydrogen) atoms. The molecule has 4 heteroatoms. The molecular formula is C21H23FN2O. The highest BCUT2D eigenvalue weighted by Crippen LogP contribution is 2.25. The molecule has 1 aromatic heterocycles. The van der Waals surface area contributed by atoms with Gasteiger partial charge in [-0.2, -0.15) is 0 Å². The number of ether oxygens (including phenoxy) is 1. The van der Waals surface area contributed by atoms with Crippen LogP contribution in [-0.4, -0.2) is 30.1 Å². The van der Waals surface area contributed by atoms with E-state index >= 15 is 0 Å². The Balaban J connectivity index is 1.36. The van der Waals surface area contributed by atoms with Crippen molar-refractivity contribution in [1.82, 2.24) is 9.88 Å². The lowest BCUT2D eigenvalue weighted by molar-refractivity contribution is 0.251. The van der Waals surface area contributed by atoms with E-state index in [0.29, 0.717) is 0 Å². The Morgan fingerprint density at radius 3 is 2.96 bits per heavy atom. The van der Waals surface area contributed by atoms with E-state index in [0.717, 1.165) is 55.5 Å². The fraction of sp³-hybridized carbons (Fsp3) is 0.333. The summed E-state index contributed by atoms with van der Waals surface area (Å²) < 4.78 is 18.8. The van der Waals surface area contributed by atoms with Gasteiger partial charge in [0, 0.05) is 30.2 Å². The molecule has 2 aromatic carbocycles. The molecule has 1 aliphatic rings. The molecule has 0 fully saturated rings. The van der Waals surface area contributed by atoms with Gasteiger partial charge in [-0.05, 0) is 72.8 Å². The number of H-pyrrole nitrogens is 1. The number of aryl methyl sites for hydroxylation is 1. The number of benzene rings is 2. The lowest BCUT2D eigenvalue weighted by Gasteiger charge is -2.29. The largest absolute Gasteiger partial charge is 0.497 e. The van der Waals surface area contributed by atoms with E-state index in [4.69, 9.17) is 4.74 Å². The maximum Gasteiger partial charge on any atom is 0.123 e. The number of hydrogen-bond donors (Lipinski definition) is 1. The van der Waals surface area contributed by atoms with Crippen LogP contribution >= 0.6 is 0 Å². The molecule has 4 rings (SSSR count). The van der Waals surface area contributed by atoms with Crippen LogP contribution < -0.4 is 4.74 Å². The molecule has 0 saturated carbocycles. The molecular weight excluding hydrogens is 314 g/mol. The van der Waals surface area contributed by atoms with Crippen LogP contribution in [0.2, 0.25) is 0 Å². The number of nitrogens with one attached hydrogen (secondary N) is 1. The second kappa shape index (κ2) is 6.89. The van der Waals surface area contributed by atoms with Crippen LogP contribution in [0.5, 0.6) is 5.75 Å². The summed E-state index contributed by atoms with van der Waals surface area (Å²) in [7, 11) is 1.72. The number of aromatic nitrogens is 1. The van der Waals surface area contributed by atoms with Gasteiger partial charge in [0.05, 0.1) is 7.11 Å². The Morgan fingerprint density at radius 2 is 2.08 bits per heavy atom. The third-order valence-electron chi connectivity index (χ3n) is 5.15. The zero-order valence-electron chi connectivity index (χ0n) is 14.5. The molecule has 0 saturated heterocycles. The van der Waals surface area contributed by atoms with Crippen molar-refractivity contribution in [1.29, 1.82) is 0 Å². The van der Waals surface area contributed by atoms with Crippen molar-refractivity contribution in [3.8, 4) is 5.75 Å². The molecule has 0 bridgehead atoms. The summed E-state index contributed by atoms with van der Waals surface area (Å²) in [5.41, 5.74) is 5.03. The third-order valence-corrected chi connectivity index (χ3v) is 5.15. The highest BCUT2D eigenvalue weighted by atomic mass is 19.1. The fourth-order valence-electron chi connectivity index (χ4n) is 3.76. The number of fused-ring (bicyclic) bond motifs is 2. The molecule has 0 unspecified atom stereocenters. The average molecular weight is 337 g/mol. The molecule has 0 amide bonds. The van der Waals surface area contributed by atoms with Crippen LogP contribution in [0.1, 0.15) is 23.1 Å². The minimum absolute atomic E-state index is 0.170. The predicted molar refractivity (Wildman–Crippen MR) is 98.6 cm³/mol. The molecule has 130 valence electrons. The maximum absolute atomic E-state index is 13.5. The van der Waals surface area contributed by atoms with Gasteiger partial charge in [0.25, 0.3) is 0 Å². The molecule has 2 heterocycles. The molecule has 0 radical (unpaired) electrons. The number of nitrogens with zero attached hydrogens (tertiary/aromatic N) is 1. The van der Waals surface area contributed by atoms with Gasteiger partial charge in [0.1, 0.15) is 11.6 Å². The first kappa shape index (κ1) is 16.2. The van der Waals surface area contributed by atoms with E-state index in [1.54, 1.807) is 13.2 Å². The Kier molecular flexibility index (Phi) is 4.45. The normalized spacial score (nSPS) is 14.6. The molecule has 3 nitrogen and oxygen atoms in total. The van der Waals surface area contributed by atoms with E-state index in [1.165, 1.54) is 22.8 Å². The second-order valence-corrected chi connectivity index (χ2v) is 6.77. The Bertz CT molecular complexity index is 887. The molecule has 0 atom stereocenters. The molecule has 0 spiro atoms. The fourth-order valence-corrected chi connectivity index (χ4v) is 3.76. The minimum atomic E-state index is -0.170. The Morgan fingerprint density at radius 1 is 1.16 bits per heavy atom. The molecule has 3 aromatic rings. The SMILES string of the molecule is [11CH3]Oc1ccc2c(c1)CCN(CCCc1c[nH]c3ccc(F)cc13)C2. The zero-order valence-corrected chi connectivity index (χ0v) is 14.5. The van der Waals surface area contributed by atoms with Gasteiger partial charge >= 0.3 is 0 Å². The van der Waals surface area contributed by atoms with Gasteiger partial charge in [0.15, 0.2) is 0 Å². The van der Waals surface area contributed by atoms with Gasteiger partial charge in [-0.25, -0.2) is 4.39 Å². The quantitative estimate of drug-likeness (QED) is 0.751. The van der Waals surface area contributed by atoms with Crippen LogP contribution in [0.25, 0.3) is 10.9 Å². The predicted octanol–water partition coefficient (Wildman–Crippen LogP) is 4.31. The summed E-state index contributed by atoms with van der Waals surface area (Å²) >= 11 is 0. The minimum Gasteiger partial charge on any atom is -0.497 e. The van der Waals surface area contributed by atoms with Crippen molar-refractivity contribution in [2.75, 3.05) is 20.2 Å². The first-order valence-electron chi connectivity index (χ1n) is 8.86. The summed E-state index contributed by atoms with van der Waals surface area (Å²) in [6, 6.07) is 11.3. The van der Waals surface area contributed by atoms with Gasteiger partial charge in [-0.15, -0.1) is 0 Å². The summed E-state index contributed by atoms with van der Waals surface area (Å²) in [5.74, 6) is 0.773. The van der Waals surface area contributed by atoms with Gasteiger partial charge < -0.3 is 9.72 Å². The summed E-state index contributed by atoms with van der Waals surface area (Å²) in [6.07, 6.45) is 5.14. The number of aromatic amines is 1. The van der Waals surface area contributed by atoms with Crippen LogP contribution in [0, 0.1) is 5.82 Å². The smallest absolute Gasteiger partial charge is 0.123 e. The monoisotopic (exact) mass is 337 g/mol. The van der Waals surface area contributed by atoms with Gasteiger partial charge in [0.2, 0.25) is 0 Å². The number of halogens is 1. The first-order valence-corrected chi connectivity index (χ1v) is 8.86. The third kappa shape index (κ3) is 3.40. The lowest BCUT2D eigenvalue weighted by atomic mass is 9.99. The van der Waals surface area contributed by atoms with Crippen molar-refractivity contribution < 1.29 is 9.13 Å². The summed E-state index contributed by atoms with van der Waals surface area (Å²) in [4.78, 5) is 5.74. The highest BCUT2D eigenvalue weighted by molar-refractivity contribution is 5.83. The number of rotatable bonds is 5. The highest BCUT2D eigenvalue weighted by Gasteiger charge is 2.16. The average Bonchev–Trinajstić information content (AvgIpc) is 3.03. The van der Waals surface area contributed by atoms with Crippen LogP contribution in [0.4, 0.5) is 4.39 Å². The van der Waals surface area contributed by atoms with E-state index < -0.39 is 0 Å². The van der Waals surface area contributed by atoms with Crippen molar-refractivity contribution in [3.63, 3.8) is 0 Å². The van der Waals surface area contributed by atoms with Crippen molar-refractivity contribution >= 4 is 10.9 Å². The van der Waals surface area contributed by atoms with Crippen LogP contribution in [0.3, 0.4) is 0 Å². The summed E-state index contributed by atoms with van der Waals surface area (Å²) in [6.45, 7) is 3.15. The van der Waals surface area contributed by atoms with Crippen molar-refractivity contribution in [3.05, 3.63) is 65.1 Å². The number of methoxy groups -OCH3 is 1. The molecule has 1 N–H and O–H groups in total. The topological polar surface area (TPSA) is 28.3 Å². The molecule has 1 aliphatic heterocycles. The Hall–Kier alpha value is -2.33. The molecule has 0 aliphatic carbocycles. The Labute approximate surface area is 147 Å². The number of hydrogen-bond acceptors (Lipinski definition) is 2. The van der Waals surface area contributed by atoms with Crippen molar-refractivity contribution in [2.24, 2.45) is 0 Å². The van der Waals surface area contributed by atoms with E-state index in [2.05, 4.69) is 22.0 Å². The van der Waals surface area contributed by atoms with Gasteiger partial charge in [-0.1, -0.05) is 6.07 Å². The van der Waals surface area contributed by atoms with Crippen LogP contribution in [-0.2, 0) is 19.4 Å². The van der Waals surface area contributed by atoms with Gasteiger partial charge in [-0.3, -0.25) is 4.90 Å². The van der Waals surface area contributed by atoms with E-state index in [9.17, 15) is 4.39 Å². The zero-order chi connectivity index (χ0) is 17.2. The van der Waals surface area contributed by atoms with Crippen molar-refractivity contribution in [2.45, 2.75) is 25.8 Å². The maximum atomic E-state index is 13.5. The lowest BCUT2D eigenvalue weighted by Crippen LogP contribution is -2.31. The van der Waals surface area contributed by atoms with E-state index in [1.807, 2.05) is 18.3 Å². The first-order chi connectivity index (χ1) is 12.2. The standard InChI is InChI=1S/C21H23FN2O/c1-25-19-6-4-17-14-24(10-8-15(17)11-19)9-2-3-16-13-23-21-7-5-18(22)12-20(16)21/h4-7,11-13,23H,2-3,8-10,14H2,1H3/i1-1.